The molecule has 0 aliphatic carbocycles. The Morgan fingerprint density at radius 1 is 1.08 bits per heavy atom. The third-order valence-corrected chi connectivity index (χ3v) is 5.34. The van der Waals surface area contributed by atoms with E-state index < -0.39 is 27.3 Å². The van der Waals surface area contributed by atoms with Gasteiger partial charge >= 0.3 is 6.18 Å². The van der Waals surface area contributed by atoms with E-state index in [9.17, 15) is 26.4 Å². The normalized spacial score (nSPS) is 12.4. The van der Waals surface area contributed by atoms with E-state index in [2.05, 4.69) is 0 Å². The van der Waals surface area contributed by atoms with Gasteiger partial charge in [-0.1, -0.05) is 0 Å². The average molecular weight is 390 g/mol. The van der Waals surface area contributed by atoms with Crippen LogP contribution >= 0.6 is 0 Å². The van der Waals surface area contributed by atoms with Gasteiger partial charge in [-0.3, -0.25) is 4.79 Å². The molecule has 2 rings (SSSR count). The summed E-state index contributed by atoms with van der Waals surface area (Å²) in [5.41, 5.74) is -1.50. The molecule has 0 saturated heterocycles. The first kappa shape index (κ1) is 20.0. The lowest BCUT2D eigenvalue weighted by atomic mass is 10.3. The van der Waals surface area contributed by atoms with Gasteiger partial charge in [0.2, 0.25) is 10.0 Å². The summed E-state index contributed by atoms with van der Waals surface area (Å²) >= 11 is 0. The molecular weight excluding hydrogens is 373 g/mol. The van der Waals surface area contributed by atoms with E-state index in [4.69, 9.17) is 4.74 Å². The first-order valence-corrected chi connectivity index (χ1v) is 8.89. The summed E-state index contributed by atoms with van der Waals surface area (Å²) in [6.45, 7) is -0.137. The van der Waals surface area contributed by atoms with Crippen LogP contribution < -0.4 is 10.3 Å². The summed E-state index contributed by atoms with van der Waals surface area (Å²) in [5, 5.41) is 0. The molecule has 26 heavy (non-hydrogen) atoms. The molecule has 1 aromatic carbocycles. The van der Waals surface area contributed by atoms with Crippen LogP contribution in [0.15, 0.2) is 52.3 Å². The fraction of sp³-hybridized carbons (Fsp3) is 0.312. The molecule has 0 saturated carbocycles. The van der Waals surface area contributed by atoms with Gasteiger partial charge in [0.15, 0.2) is 0 Å². The van der Waals surface area contributed by atoms with Gasteiger partial charge in [-0.05, 0) is 30.3 Å². The molecule has 0 N–H and O–H groups in total. The molecule has 142 valence electrons. The van der Waals surface area contributed by atoms with E-state index in [1.807, 2.05) is 0 Å². The van der Waals surface area contributed by atoms with E-state index in [0.717, 1.165) is 27.2 Å². The molecule has 0 atom stereocenters. The fourth-order valence-corrected chi connectivity index (χ4v) is 2.96. The smallest absolute Gasteiger partial charge is 0.417 e. The van der Waals surface area contributed by atoms with Crippen molar-refractivity contribution >= 4 is 10.0 Å². The van der Waals surface area contributed by atoms with Crippen molar-refractivity contribution in [1.82, 2.24) is 8.87 Å². The standard InChI is InChI=1S/C16H17F3N2O4S/c1-20(2)26(23,24)14-6-4-13(5-7-14)25-10-9-21-11-12(16(17,18)19)3-8-15(21)22/h3-8,11H,9-10H2,1-2H3. The Morgan fingerprint density at radius 2 is 1.69 bits per heavy atom. The van der Waals surface area contributed by atoms with Gasteiger partial charge in [0, 0.05) is 26.4 Å². The molecule has 0 radical (unpaired) electrons. The summed E-state index contributed by atoms with van der Waals surface area (Å²) in [5.74, 6) is 0.336. The van der Waals surface area contributed by atoms with Crippen LogP contribution in [-0.4, -0.2) is 38.0 Å². The summed E-state index contributed by atoms with van der Waals surface area (Å²) in [6.07, 6.45) is -3.80. The van der Waals surface area contributed by atoms with Crippen LogP contribution in [-0.2, 0) is 22.7 Å². The molecule has 0 bridgehead atoms. The SMILES string of the molecule is CN(C)S(=O)(=O)c1ccc(OCCn2cc(C(F)(F)F)ccc2=O)cc1. The van der Waals surface area contributed by atoms with Crippen molar-refractivity contribution in [3.63, 3.8) is 0 Å². The van der Waals surface area contributed by atoms with E-state index >= 15 is 0 Å². The number of halogens is 3. The van der Waals surface area contributed by atoms with Gasteiger partial charge in [0.05, 0.1) is 17.0 Å². The van der Waals surface area contributed by atoms with E-state index in [0.29, 0.717) is 5.75 Å². The van der Waals surface area contributed by atoms with Crippen molar-refractivity contribution in [3.8, 4) is 5.75 Å². The molecule has 0 amide bonds. The minimum absolute atomic E-state index is 0.0546. The van der Waals surface area contributed by atoms with Crippen LogP contribution in [0.3, 0.4) is 0 Å². The third kappa shape index (κ3) is 4.64. The lowest BCUT2D eigenvalue weighted by molar-refractivity contribution is -0.138. The number of aromatic nitrogens is 1. The van der Waals surface area contributed by atoms with Crippen molar-refractivity contribution in [2.24, 2.45) is 0 Å². The maximum Gasteiger partial charge on any atom is 0.417 e. The molecule has 0 aliphatic rings. The van der Waals surface area contributed by atoms with Crippen LogP contribution in [0.5, 0.6) is 5.75 Å². The number of hydrogen-bond acceptors (Lipinski definition) is 4. The van der Waals surface area contributed by atoms with E-state index in [-0.39, 0.29) is 18.0 Å². The van der Waals surface area contributed by atoms with Gasteiger partial charge in [-0.15, -0.1) is 0 Å². The predicted octanol–water partition coefficient (Wildman–Crippen LogP) is 2.20. The highest BCUT2D eigenvalue weighted by Crippen LogP contribution is 2.28. The van der Waals surface area contributed by atoms with Crippen molar-refractivity contribution in [1.29, 1.82) is 0 Å². The number of rotatable bonds is 6. The van der Waals surface area contributed by atoms with Crippen LogP contribution in [0.1, 0.15) is 5.56 Å². The Morgan fingerprint density at radius 3 is 2.23 bits per heavy atom. The highest BCUT2D eigenvalue weighted by molar-refractivity contribution is 7.89. The number of benzene rings is 1. The third-order valence-electron chi connectivity index (χ3n) is 3.51. The zero-order valence-corrected chi connectivity index (χ0v) is 14.8. The number of hydrogen-bond donors (Lipinski definition) is 0. The van der Waals surface area contributed by atoms with Crippen molar-refractivity contribution in [3.05, 3.63) is 58.5 Å². The molecule has 10 heteroatoms. The molecule has 0 unspecified atom stereocenters. The quantitative estimate of drug-likeness (QED) is 0.758. The Balaban J connectivity index is 2.04. The van der Waals surface area contributed by atoms with E-state index in [1.54, 1.807) is 0 Å². The predicted molar refractivity (Wildman–Crippen MR) is 88.5 cm³/mol. The number of nitrogens with zero attached hydrogens (tertiary/aromatic N) is 2. The summed E-state index contributed by atoms with van der Waals surface area (Å²) in [7, 11) is -0.737. The number of pyridine rings is 1. The van der Waals surface area contributed by atoms with Crippen LogP contribution in [0.2, 0.25) is 0 Å². The Labute approximate surface area is 148 Å². The zero-order valence-electron chi connectivity index (χ0n) is 14.0. The largest absolute Gasteiger partial charge is 0.492 e. The Kier molecular flexibility index (Phi) is 5.77. The molecule has 0 aliphatic heterocycles. The molecule has 1 heterocycles. The Bertz CT molecular complexity index is 920. The van der Waals surface area contributed by atoms with Gasteiger partial charge < -0.3 is 9.30 Å². The highest BCUT2D eigenvalue weighted by Gasteiger charge is 2.31. The first-order chi connectivity index (χ1) is 12.0. The number of ether oxygens (including phenoxy) is 1. The number of alkyl halides is 3. The molecular formula is C16H17F3N2O4S. The summed E-state index contributed by atoms with van der Waals surface area (Å²) in [6, 6.07) is 7.17. The van der Waals surface area contributed by atoms with Crippen LogP contribution in [0, 0.1) is 0 Å². The second-order valence-corrected chi connectivity index (χ2v) is 7.71. The molecule has 0 spiro atoms. The van der Waals surface area contributed by atoms with Crippen LogP contribution in [0.4, 0.5) is 13.2 Å². The molecule has 0 fully saturated rings. The second kappa shape index (κ2) is 7.50. The van der Waals surface area contributed by atoms with Gasteiger partial charge in [-0.2, -0.15) is 13.2 Å². The topological polar surface area (TPSA) is 68.6 Å². The van der Waals surface area contributed by atoms with Crippen molar-refractivity contribution in [2.45, 2.75) is 17.6 Å². The molecule has 1 aromatic heterocycles. The van der Waals surface area contributed by atoms with Crippen molar-refractivity contribution in [2.75, 3.05) is 20.7 Å². The maximum atomic E-state index is 12.7. The van der Waals surface area contributed by atoms with Gasteiger partial charge in [0.25, 0.3) is 5.56 Å². The number of sulfonamides is 1. The first-order valence-electron chi connectivity index (χ1n) is 7.45. The monoisotopic (exact) mass is 390 g/mol. The summed E-state index contributed by atoms with van der Waals surface area (Å²) < 4.78 is 69.3. The van der Waals surface area contributed by atoms with Gasteiger partial charge in [-0.25, -0.2) is 12.7 Å². The lowest BCUT2D eigenvalue weighted by Gasteiger charge is -2.13. The minimum Gasteiger partial charge on any atom is -0.492 e. The lowest BCUT2D eigenvalue weighted by Crippen LogP contribution is -2.24. The van der Waals surface area contributed by atoms with Gasteiger partial charge in [0.1, 0.15) is 12.4 Å². The average Bonchev–Trinajstić information content (AvgIpc) is 2.56. The maximum absolute atomic E-state index is 12.7. The van der Waals surface area contributed by atoms with E-state index in [1.165, 1.54) is 38.4 Å². The highest BCUT2D eigenvalue weighted by atomic mass is 32.2. The minimum atomic E-state index is -4.54. The van der Waals surface area contributed by atoms with Crippen LogP contribution in [0.25, 0.3) is 0 Å². The summed E-state index contributed by atoms with van der Waals surface area (Å²) in [4.78, 5) is 11.7. The fourth-order valence-electron chi connectivity index (χ4n) is 2.05. The van der Waals surface area contributed by atoms with Crippen molar-refractivity contribution < 1.29 is 26.3 Å². The molecule has 6 nitrogen and oxygen atoms in total. The second-order valence-electron chi connectivity index (χ2n) is 5.55. The zero-order chi connectivity index (χ0) is 19.5. The molecule has 2 aromatic rings. The Hall–Kier alpha value is -2.33.